The number of hydrogen-bond donors (Lipinski definition) is 1. The standard InChI is InChI=1S/C26H24N2O2/c1-16-26(2,3)23-14-17(12-13-24(23)27-16)28-25(29)30-15-22-20-10-6-4-8-18(20)19-9-5-7-11-21(19)22/h4-14,22H,15H2,1-3H3,(H,28,29). The number of ether oxygens (including phenoxy) is 1. The summed E-state index contributed by atoms with van der Waals surface area (Å²) < 4.78 is 5.66. The summed E-state index contributed by atoms with van der Waals surface area (Å²) in [5.74, 6) is 0.0538. The Kier molecular flexibility index (Phi) is 4.24. The number of nitrogens with one attached hydrogen (secondary N) is 1. The van der Waals surface area contributed by atoms with E-state index in [-0.39, 0.29) is 11.3 Å². The highest BCUT2D eigenvalue weighted by molar-refractivity contribution is 6.00. The minimum absolute atomic E-state index is 0.0538. The molecule has 1 heterocycles. The van der Waals surface area contributed by atoms with Gasteiger partial charge in [-0.25, -0.2) is 4.79 Å². The van der Waals surface area contributed by atoms with E-state index in [4.69, 9.17) is 4.74 Å². The van der Waals surface area contributed by atoms with E-state index < -0.39 is 6.09 Å². The largest absolute Gasteiger partial charge is 0.448 e. The lowest BCUT2D eigenvalue weighted by Gasteiger charge is -2.20. The first-order chi connectivity index (χ1) is 14.4. The topological polar surface area (TPSA) is 50.7 Å². The maximum atomic E-state index is 12.6. The van der Waals surface area contributed by atoms with E-state index in [1.165, 1.54) is 22.3 Å². The fourth-order valence-electron chi connectivity index (χ4n) is 4.48. The lowest BCUT2D eigenvalue weighted by Crippen LogP contribution is -2.23. The van der Waals surface area contributed by atoms with Crippen LogP contribution in [0.15, 0.2) is 71.7 Å². The van der Waals surface area contributed by atoms with Gasteiger partial charge in [-0.05, 0) is 52.9 Å². The summed E-state index contributed by atoms with van der Waals surface area (Å²) in [6.45, 7) is 6.64. The minimum atomic E-state index is -0.440. The Labute approximate surface area is 176 Å². The molecule has 1 N–H and O–H groups in total. The molecule has 30 heavy (non-hydrogen) atoms. The molecular formula is C26H24N2O2. The Bertz CT molecular complexity index is 1150. The zero-order valence-electron chi connectivity index (χ0n) is 17.4. The Morgan fingerprint density at radius 1 is 1.00 bits per heavy atom. The summed E-state index contributed by atoms with van der Waals surface area (Å²) in [6.07, 6.45) is -0.440. The maximum absolute atomic E-state index is 12.6. The van der Waals surface area contributed by atoms with E-state index in [1.54, 1.807) is 0 Å². The average molecular weight is 396 g/mol. The van der Waals surface area contributed by atoms with E-state index in [9.17, 15) is 4.79 Å². The van der Waals surface area contributed by atoms with Crippen LogP contribution in [0.4, 0.5) is 16.2 Å². The molecule has 150 valence electrons. The number of hydrogen-bond acceptors (Lipinski definition) is 3. The monoisotopic (exact) mass is 396 g/mol. The smallest absolute Gasteiger partial charge is 0.411 e. The van der Waals surface area contributed by atoms with Crippen molar-refractivity contribution in [3.05, 3.63) is 83.4 Å². The van der Waals surface area contributed by atoms with Crippen molar-refractivity contribution >= 4 is 23.2 Å². The third-order valence-corrected chi connectivity index (χ3v) is 6.45. The third-order valence-electron chi connectivity index (χ3n) is 6.45. The molecule has 5 rings (SSSR count). The van der Waals surface area contributed by atoms with Gasteiger partial charge in [0.2, 0.25) is 0 Å². The number of carbonyl (C=O) groups is 1. The second-order valence-electron chi connectivity index (χ2n) is 8.50. The average Bonchev–Trinajstić information content (AvgIpc) is 3.18. The molecule has 0 atom stereocenters. The number of carbonyl (C=O) groups excluding carboxylic acids is 1. The summed E-state index contributed by atoms with van der Waals surface area (Å²) in [7, 11) is 0. The molecule has 1 amide bonds. The molecule has 0 fully saturated rings. The van der Waals surface area contributed by atoms with Gasteiger partial charge in [-0.1, -0.05) is 62.4 Å². The first kappa shape index (κ1) is 18.6. The first-order valence-electron chi connectivity index (χ1n) is 10.3. The molecule has 0 saturated heterocycles. The molecule has 1 aliphatic heterocycles. The van der Waals surface area contributed by atoms with E-state index in [2.05, 4.69) is 48.4 Å². The third kappa shape index (κ3) is 2.91. The van der Waals surface area contributed by atoms with Crippen LogP contribution < -0.4 is 5.32 Å². The van der Waals surface area contributed by atoms with Gasteiger partial charge in [0, 0.05) is 22.7 Å². The molecular weight excluding hydrogens is 372 g/mol. The van der Waals surface area contributed by atoms with Crippen molar-refractivity contribution in [1.82, 2.24) is 0 Å². The van der Waals surface area contributed by atoms with Crippen molar-refractivity contribution < 1.29 is 9.53 Å². The number of anilines is 1. The Morgan fingerprint density at radius 2 is 1.63 bits per heavy atom. The summed E-state index contributed by atoms with van der Waals surface area (Å²) in [5, 5.41) is 2.88. The van der Waals surface area contributed by atoms with E-state index in [1.807, 2.05) is 49.4 Å². The number of rotatable bonds is 3. The van der Waals surface area contributed by atoms with Crippen molar-refractivity contribution in [3.8, 4) is 11.1 Å². The van der Waals surface area contributed by atoms with Crippen LogP contribution in [0.3, 0.4) is 0 Å². The van der Waals surface area contributed by atoms with Gasteiger partial charge >= 0.3 is 6.09 Å². The van der Waals surface area contributed by atoms with Crippen LogP contribution >= 0.6 is 0 Å². The number of amides is 1. The molecule has 0 spiro atoms. The van der Waals surface area contributed by atoms with E-state index in [0.29, 0.717) is 6.61 Å². The highest BCUT2D eigenvalue weighted by Crippen LogP contribution is 2.44. The van der Waals surface area contributed by atoms with Gasteiger partial charge in [0.25, 0.3) is 0 Å². The van der Waals surface area contributed by atoms with Crippen LogP contribution in [-0.4, -0.2) is 18.4 Å². The molecule has 0 unspecified atom stereocenters. The second kappa shape index (κ2) is 6.84. The molecule has 0 radical (unpaired) electrons. The summed E-state index contributed by atoms with van der Waals surface area (Å²) in [4.78, 5) is 17.2. The van der Waals surface area contributed by atoms with E-state index in [0.717, 1.165) is 22.6 Å². The zero-order chi connectivity index (χ0) is 20.9. The second-order valence-corrected chi connectivity index (χ2v) is 8.50. The Balaban J connectivity index is 1.31. The molecule has 0 aromatic heterocycles. The van der Waals surface area contributed by atoms with Gasteiger partial charge in [0.1, 0.15) is 6.61 Å². The quantitative estimate of drug-likeness (QED) is 0.554. The first-order valence-corrected chi connectivity index (χ1v) is 10.3. The van der Waals surface area contributed by atoms with Crippen molar-refractivity contribution in [2.24, 2.45) is 4.99 Å². The molecule has 4 heteroatoms. The predicted octanol–water partition coefficient (Wildman–Crippen LogP) is 6.43. The van der Waals surface area contributed by atoms with Crippen LogP contribution in [0.1, 0.15) is 43.4 Å². The van der Waals surface area contributed by atoms with Crippen molar-refractivity contribution in [2.75, 3.05) is 11.9 Å². The van der Waals surface area contributed by atoms with Crippen LogP contribution in [-0.2, 0) is 10.2 Å². The summed E-state index contributed by atoms with van der Waals surface area (Å²) >= 11 is 0. The zero-order valence-corrected chi connectivity index (χ0v) is 17.4. The lowest BCUT2D eigenvalue weighted by atomic mass is 9.82. The maximum Gasteiger partial charge on any atom is 0.411 e. The van der Waals surface area contributed by atoms with Gasteiger partial charge in [-0.2, -0.15) is 0 Å². The van der Waals surface area contributed by atoms with Crippen molar-refractivity contribution in [1.29, 1.82) is 0 Å². The lowest BCUT2D eigenvalue weighted by molar-refractivity contribution is 0.158. The molecule has 2 aliphatic rings. The number of benzene rings is 3. The Morgan fingerprint density at radius 3 is 2.30 bits per heavy atom. The van der Waals surface area contributed by atoms with Crippen LogP contribution in [0, 0.1) is 0 Å². The minimum Gasteiger partial charge on any atom is -0.448 e. The number of aliphatic imine (C=N–C) groups is 1. The summed E-state index contributed by atoms with van der Waals surface area (Å²) in [6, 6.07) is 22.5. The van der Waals surface area contributed by atoms with Crippen LogP contribution in [0.25, 0.3) is 11.1 Å². The molecule has 3 aromatic carbocycles. The van der Waals surface area contributed by atoms with Crippen LogP contribution in [0.5, 0.6) is 0 Å². The summed E-state index contributed by atoms with van der Waals surface area (Å²) in [5.41, 5.74) is 8.62. The van der Waals surface area contributed by atoms with Crippen molar-refractivity contribution in [3.63, 3.8) is 0 Å². The highest BCUT2D eigenvalue weighted by atomic mass is 16.5. The van der Waals surface area contributed by atoms with Gasteiger partial charge in [-0.15, -0.1) is 0 Å². The van der Waals surface area contributed by atoms with E-state index >= 15 is 0 Å². The molecule has 3 aromatic rings. The normalized spacial score (nSPS) is 15.8. The van der Waals surface area contributed by atoms with Gasteiger partial charge < -0.3 is 4.74 Å². The molecule has 4 nitrogen and oxygen atoms in total. The molecule has 0 bridgehead atoms. The number of fused-ring (bicyclic) bond motifs is 4. The number of nitrogens with zero attached hydrogens (tertiary/aromatic N) is 1. The molecule has 1 aliphatic carbocycles. The van der Waals surface area contributed by atoms with Crippen LogP contribution in [0.2, 0.25) is 0 Å². The fraction of sp³-hybridized carbons (Fsp3) is 0.231. The van der Waals surface area contributed by atoms with Gasteiger partial charge in [0.15, 0.2) is 0 Å². The van der Waals surface area contributed by atoms with Gasteiger partial charge in [0.05, 0.1) is 5.69 Å². The molecule has 0 saturated carbocycles. The predicted molar refractivity (Wildman–Crippen MR) is 121 cm³/mol. The highest BCUT2D eigenvalue weighted by Gasteiger charge is 2.32. The fourth-order valence-corrected chi connectivity index (χ4v) is 4.48. The van der Waals surface area contributed by atoms with Crippen molar-refractivity contribution in [2.45, 2.75) is 32.1 Å². The SMILES string of the molecule is CC1=Nc2ccc(NC(=O)OCC3c4ccccc4-c4ccccc43)cc2C1(C)C. The van der Waals surface area contributed by atoms with Gasteiger partial charge in [-0.3, -0.25) is 10.3 Å². The Hall–Kier alpha value is -3.40.